The van der Waals surface area contributed by atoms with Crippen molar-refractivity contribution in [2.45, 2.75) is 59.3 Å². The normalized spacial score (nSPS) is 10.9. The van der Waals surface area contributed by atoms with E-state index in [-0.39, 0.29) is 11.7 Å². The van der Waals surface area contributed by atoms with Crippen LogP contribution in [0.15, 0.2) is 18.2 Å². The smallest absolute Gasteiger partial charge is 0.149 e. The summed E-state index contributed by atoms with van der Waals surface area (Å²) >= 11 is 0. The van der Waals surface area contributed by atoms with E-state index in [4.69, 9.17) is 0 Å². The highest BCUT2D eigenvalue weighted by atomic mass is 19.1. The molecular formula is C18H28FNO. The zero-order valence-electron chi connectivity index (χ0n) is 13.5. The number of rotatable bonds is 10. The largest absolute Gasteiger partial charge is 0.383 e. The van der Waals surface area contributed by atoms with Crippen molar-refractivity contribution in [3.63, 3.8) is 0 Å². The minimum atomic E-state index is -0.121. The fourth-order valence-electron chi connectivity index (χ4n) is 2.25. The Balaban J connectivity index is 2.36. The number of ketones is 1. The van der Waals surface area contributed by atoms with Gasteiger partial charge in [0, 0.05) is 18.9 Å². The van der Waals surface area contributed by atoms with Crippen LogP contribution in [-0.4, -0.2) is 12.3 Å². The van der Waals surface area contributed by atoms with Gasteiger partial charge in [0.1, 0.15) is 11.6 Å². The molecule has 0 saturated heterocycles. The molecule has 0 aromatic heterocycles. The lowest BCUT2D eigenvalue weighted by atomic mass is 10.0. The molecule has 0 radical (unpaired) electrons. The van der Waals surface area contributed by atoms with Crippen LogP contribution in [0.3, 0.4) is 0 Å². The van der Waals surface area contributed by atoms with Crippen molar-refractivity contribution >= 4 is 11.5 Å². The number of hydrogen-bond donors (Lipinski definition) is 1. The molecule has 0 unspecified atom stereocenters. The average Bonchev–Trinajstić information content (AvgIpc) is 2.46. The molecule has 0 saturated carbocycles. The molecule has 118 valence electrons. The summed E-state index contributed by atoms with van der Waals surface area (Å²) in [6.45, 7) is 6.73. The Morgan fingerprint density at radius 1 is 1.24 bits per heavy atom. The predicted octanol–water partition coefficient (Wildman–Crippen LogP) is 4.98. The quantitative estimate of drug-likeness (QED) is 0.617. The van der Waals surface area contributed by atoms with Crippen molar-refractivity contribution in [1.82, 2.24) is 0 Å². The molecule has 0 spiro atoms. The number of aryl methyl sites for hydroxylation is 1. The number of halogens is 1. The van der Waals surface area contributed by atoms with Gasteiger partial charge in [0.2, 0.25) is 0 Å². The number of unbranched alkanes of at least 4 members (excludes halogenated alkanes) is 2. The van der Waals surface area contributed by atoms with Gasteiger partial charge in [-0.3, -0.25) is 4.79 Å². The third kappa shape index (κ3) is 6.28. The van der Waals surface area contributed by atoms with Crippen LogP contribution in [-0.2, 0) is 11.2 Å². The van der Waals surface area contributed by atoms with Gasteiger partial charge in [0.25, 0.3) is 0 Å². The summed E-state index contributed by atoms with van der Waals surface area (Å²) < 4.78 is 14.2. The van der Waals surface area contributed by atoms with Crippen LogP contribution < -0.4 is 5.32 Å². The lowest BCUT2D eigenvalue weighted by Gasteiger charge is -2.10. The fraction of sp³-hybridized carbons (Fsp3) is 0.611. The predicted molar refractivity (Wildman–Crippen MR) is 87.2 cm³/mol. The van der Waals surface area contributed by atoms with Crippen molar-refractivity contribution in [2.75, 3.05) is 11.9 Å². The topological polar surface area (TPSA) is 29.1 Å². The molecule has 1 aromatic carbocycles. The number of nitrogens with one attached hydrogen (secondary N) is 1. The van der Waals surface area contributed by atoms with Crippen LogP contribution in [0.5, 0.6) is 0 Å². The number of Topliss-reactive ketones (excluding diaryl/α,β-unsaturated/α-hetero) is 1. The van der Waals surface area contributed by atoms with E-state index in [2.05, 4.69) is 12.2 Å². The first-order chi connectivity index (χ1) is 10.1. The first kappa shape index (κ1) is 17.7. The molecular weight excluding hydrogens is 265 g/mol. The molecule has 0 aliphatic carbocycles. The Hall–Kier alpha value is -1.38. The fourth-order valence-corrected chi connectivity index (χ4v) is 2.25. The maximum atomic E-state index is 14.2. The molecule has 0 amide bonds. The van der Waals surface area contributed by atoms with Gasteiger partial charge in [0.15, 0.2) is 0 Å². The van der Waals surface area contributed by atoms with Crippen molar-refractivity contribution in [3.8, 4) is 0 Å². The summed E-state index contributed by atoms with van der Waals surface area (Å²) in [6.07, 6.45) is 5.19. The number of carbonyl (C=O) groups excluding carboxylic acids is 1. The highest BCUT2D eigenvalue weighted by Gasteiger charge is 2.08. The van der Waals surface area contributed by atoms with E-state index in [0.717, 1.165) is 44.2 Å². The summed E-state index contributed by atoms with van der Waals surface area (Å²) in [5.74, 6) is 0.333. The lowest BCUT2D eigenvalue weighted by molar-refractivity contribution is -0.122. The molecule has 3 heteroatoms. The number of hydrogen-bond acceptors (Lipinski definition) is 2. The summed E-state index contributed by atoms with van der Waals surface area (Å²) in [4.78, 5) is 11.5. The molecule has 1 N–H and O–H groups in total. The molecule has 2 nitrogen and oxygen atoms in total. The van der Waals surface area contributed by atoms with Gasteiger partial charge in [0.05, 0.1) is 5.69 Å². The Kier molecular flexibility index (Phi) is 8.03. The Bertz CT molecular complexity index is 443. The Morgan fingerprint density at radius 2 is 2.00 bits per heavy atom. The average molecular weight is 293 g/mol. The third-order valence-corrected chi connectivity index (χ3v) is 3.66. The summed E-state index contributed by atoms with van der Waals surface area (Å²) in [7, 11) is 0. The minimum absolute atomic E-state index is 0.121. The molecule has 21 heavy (non-hydrogen) atoms. The van der Waals surface area contributed by atoms with Gasteiger partial charge in [-0.25, -0.2) is 4.39 Å². The lowest BCUT2D eigenvalue weighted by Crippen LogP contribution is -2.06. The molecule has 0 fully saturated rings. The molecule has 0 aliphatic rings. The van der Waals surface area contributed by atoms with E-state index in [1.54, 1.807) is 6.07 Å². The van der Waals surface area contributed by atoms with Gasteiger partial charge < -0.3 is 5.32 Å². The Morgan fingerprint density at radius 3 is 2.67 bits per heavy atom. The monoisotopic (exact) mass is 293 g/mol. The molecule has 0 bridgehead atoms. The van der Waals surface area contributed by atoms with Gasteiger partial charge in [-0.1, -0.05) is 39.3 Å². The van der Waals surface area contributed by atoms with E-state index in [0.29, 0.717) is 17.9 Å². The van der Waals surface area contributed by atoms with Crippen molar-refractivity contribution in [1.29, 1.82) is 0 Å². The van der Waals surface area contributed by atoms with E-state index in [9.17, 15) is 9.18 Å². The maximum Gasteiger partial charge on any atom is 0.149 e. The molecule has 1 rings (SSSR count). The highest BCUT2D eigenvalue weighted by molar-refractivity contribution is 5.80. The second-order valence-corrected chi connectivity index (χ2v) is 5.89. The molecule has 0 atom stereocenters. The van der Waals surface area contributed by atoms with E-state index >= 15 is 0 Å². The van der Waals surface area contributed by atoms with Crippen LogP contribution in [0.25, 0.3) is 0 Å². The van der Waals surface area contributed by atoms with Crippen LogP contribution in [0, 0.1) is 11.7 Å². The summed E-state index contributed by atoms with van der Waals surface area (Å²) in [5, 5.41) is 3.11. The van der Waals surface area contributed by atoms with Crippen LogP contribution in [0.2, 0.25) is 0 Å². The van der Waals surface area contributed by atoms with Crippen molar-refractivity contribution in [3.05, 3.63) is 29.6 Å². The first-order valence-electron chi connectivity index (χ1n) is 8.10. The highest BCUT2D eigenvalue weighted by Crippen LogP contribution is 2.20. The Labute approximate surface area is 128 Å². The zero-order chi connectivity index (χ0) is 15.7. The molecule has 1 aromatic rings. The maximum absolute atomic E-state index is 14.2. The van der Waals surface area contributed by atoms with Crippen LogP contribution in [0.1, 0.15) is 58.4 Å². The van der Waals surface area contributed by atoms with E-state index in [1.165, 1.54) is 0 Å². The second-order valence-electron chi connectivity index (χ2n) is 5.89. The standard InChI is InChI=1S/C18H28FNO/c1-4-13-20-16-11-8-10-15(18(16)19)9-6-5-7-12-17(21)14(2)3/h8,10-11,14,20H,4-7,9,12-13H2,1-3H3. The number of carbonyl (C=O) groups is 1. The SMILES string of the molecule is CCCNc1cccc(CCCCCC(=O)C(C)C)c1F. The van der Waals surface area contributed by atoms with Gasteiger partial charge in [-0.15, -0.1) is 0 Å². The summed E-state index contributed by atoms with van der Waals surface area (Å²) in [6, 6.07) is 5.54. The minimum Gasteiger partial charge on any atom is -0.383 e. The van der Waals surface area contributed by atoms with Gasteiger partial charge >= 0.3 is 0 Å². The van der Waals surface area contributed by atoms with E-state index in [1.807, 2.05) is 26.0 Å². The van der Waals surface area contributed by atoms with Crippen LogP contribution >= 0.6 is 0 Å². The zero-order valence-corrected chi connectivity index (χ0v) is 13.5. The number of anilines is 1. The second kappa shape index (κ2) is 9.54. The van der Waals surface area contributed by atoms with Gasteiger partial charge in [-0.2, -0.15) is 0 Å². The molecule has 0 aliphatic heterocycles. The summed E-state index contributed by atoms with van der Waals surface area (Å²) in [5.41, 5.74) is 1.37. The first-order valence-corrected chi connectivity index (χ1v) is 8.10. The van der Waals surface area contributed by atoms with Crippen LogP contribution in [0.4, 0.5) is 10.1 Å². The number of benzene rings is 1. The van der Waals surface area contributed by atoms with Gasteiger partial charge in [-0.05, 0) is 37.3 Å². The van der Waals surface area contributed by atoms with Crippen molar-refractivity contribution < 1.29 is 9.18 Å². The third-order valence-electron chi connectivity index (χ3n) is 3.66. The van der Waals surface area contributed by atoms with E-state index < -0.39 is 0 Å². The van der Waals surface area contributed by atoms with Crippen molar-refractivity contribution in [2.24, 2.45) is 5.92 Å². The molecule has 0 heterocycles.